The number of hydrogen-bond donors (Lipinski definition) is 0. The lowest BCUT2D eigenvalue weighted by Gasteiger charge is -2.13. The normalized spacial score (nSPS) is 12.8. The molecular weight excluding hydrogens is 354 g/mol. The number of benzene rings is 4. The molecule has 8 rings (SSSR count). The molecule has 4 heterocycles. The molecule has 0 saturated carbocycles. The highest BCUT2D eigenvalue weighted by atomic mass is 14.9. The van der Waals surface area contributed by atoms with Crippen LogP contribution in [0.5, 0.6) is 0 Å². The van der Waals surface area contributed by atoms with Gasteiger partial charge in [-0.1, -0.05) is 42.5 Å². The van der Waals surface area contributed by atoms with Crippen molar-refractivity contribution in [3.05, 3.63) is 79.4 Å². The van der Waals surface area contributed by atoms with E-state index in [9.17, 15) is 0 Å². The van der Waals surface area contributed by atoms with Crippen molar-refractivity contribution in [2.75, 3.05) is 0 Å². The van der Waals surface area contributed by atoms with Gasteiger partial charge in [-0.3, -0.25) is 9.97 Å². The standard InChI is InChI=1S/C26H13N3/c1-2-14-4-6-18-23-19(7-5-15(3-1)22(14)23)25-17-9-11-28-13-21(17)29-20-12-27-10-8-16(20)24(18)26(25)29/h1-13H. The van der Waals surface area contributed by atoms with Gasteiger partial charge in [0, 0.05) is 33.9 Å². The fourth-order valence-electron chi connectivity index (χ4n) is 5.57. The van der Waals surface area contributed by atoms with Crippen LogP contribution in [0.1, 0.15) is 0 Å². The minimum Gasteiger partial charge on any atom is -0.305 e. The van der Waals surface area contributed by atoms with Gasteiger partial charge in [0.05, 0.1) is 28.9 Å². The number of rotatable bonds is 0. The average molecular weight is 367 g/mol. The molecule has 4 aromatic carbocycles. The van der Waals surface area contributed by atoms with E-state index in [-0.39, 0.29) is 0 Å². The maximum absolute atomic E-state index is 4.44. The van der Waals surface area contributed by atoms with Crippen molar-refractivity contribution >= 4 is 70.4 Å². The molecule has 0 bridgehead atoms. The Morgan fingerprint density at radius 1 is 0.517 bits per heavy atom. The zero-order valence-electron chi connectivity index (χ0n) is 15.3. The van der Waals surface area contributed by atoms with E-state index >= 15 is 0 Å². The summed E-state index contributed by atoms with van der Waals surface area (Å²) < 4.78 is 2.35. The smallest absolute Gasteiger partial charge is 0.0725 e. The first-order valence-electron chi connectivity index (χ1n) is 9.84. The third-order valence-corrected chi connectivity index (χ3v) is 6.63. The van der Waals surface area contributed by atoms with Crippen LogP contribution in [0, 0.1) is 0 Å². The second-order valence-corrected chi connectivity index (χ2v) is 7.90. The van der Waals surface area contributed by atoms with E-state index in [1.54, 1.807) is 0 Å². The van der Waals surface area contributed by atoms with Crippen LogP contribution in [0.4, 0.5) is 0 Å². The van der Waals surface area contributed by atoms with Crippen molar-refractivity contribution < 1.29 is 0 Å². The number of nitrogens with zero attached hydrogens (tertiary/aromatic N) is 3. The fourth-order valence-corrected chi connectivity index (χ4v) is 5.57. The second kappa shape index (κ2) is 4.53. The van der Waals surface area contributed by atoms with Crippen LogP contribution in [-0.2, 0) is 0 Å². The minimum absolute atomic E-state index is 1.14. The van der Waals surface area contributed by atoms with Crippen LogP contribution < -0.4 is 0 Å². The Hall–Kier alpha value is -3.98. The van der Waals surface area contributed by atoms with Gasteiger partial charge in [0.1, 0.15) is 0 Å². The molecule has 29 heavy (non-hydrogen) atoms. The molecule has 3 nitrogen and oxygen atoms in total. The molecule has 0 saturated heterocycles. The number of aromatic nitrogens is 3. The van der Waals surface area contributed by atoms with Crippen LogP contribution in [0.2, 0.25) is 0 Å². The molecule has 0 aliphatic rings. The first-order valence-corrected chi connectivity index (χ1v) is 9.84. The first kappa shape index (κ1) is 14.1. The zero-order valence-corrected chi connectivity index (χ0v) is 15.3. The van der Waals surface area contributed by atoms with Crippen LogP contribution in [0.25, 0.3) is 70.4 Å². The summed E-state index contributed by atoms with van der Waals surface area (Å²) in [6.45, 7) is 0. The number of pyridine rings is 2. The fraction of sp³-hybridized carbons (Fsp3) is 0. The molecule has 0 fully saturated rings. The van der Waals surface area contributed by atoms with Crippen LogP contribution in [0.15, 0.2) is 79.4 Å². The van der Waals surface area contributed by atoms with Crippen molar-refractivity contribution in [3.8, 4) is 0 Å². The van der Waals surface area contributed by atoms with Crippen molar-refractivity contribution in [1.29, 1.82) is 0 Å². The molecule has 0 amide bonds. The maximum Gasteiger partial charge on any atom is 0.0725 e. The van der Waals surface area contributed by atoms with Gasteiger partial charge in [-0.15, -0.1) is 0 Å². The third-order valence-electron chi connectivity index (χ3n) is 6.63. The third kappa shape index (κ3) is 1.44. The van der Waals surface area contributed by atoms with Crippen molar-refractivity contribution in [2.24, 2.45) is 0 Å². The lowest BCUT2D eigenvalue weighted by atomic mass is 9.90. The predicted molar refractivity (Wildman–Crippen MR) is 120 cm³/mol. The summed E-state index contributed by atoms with van der Waals surface area (Å²) >= 11 is 0. The number of hydrogen-bond acceptors (Lipinski definition) is 2. The molecule has 3 heteroatoms. The van der Waals surface area contributed by atoms with Crippen LogP contribution in [-0.4, -0.2) is 14.4 Å². The monoisotopic (exact) mass is 367 g/mol. The molecule has 0 aliphatic carbocycles. The molecule has 0 spiro atoms. The largest absolute Gasteiger partial charge is 0.305 e. The summed E-state index contributed by atoms with van der Waals surface area (Å²) in [7, 11) is 0. The Kier molecular flexibility index (Phi) is 2.20. The summed E-state index contributed by atoms with van der Waals surface area (Å²) in [4.78, 5) is 8.88. The Balaban J connectivity index is 1.90. The van der Waals surface area contributed by atoms with E-state index in [1.807, 2.05) is 24.8 Å². The van der Waals surface area contributed by atoms with E-state index in [1.165, 1.54) is 59.4 Å². The average Bonchev–Trinajstić information content (AvgIpc) is 3.29. The van der Waals surface area contributed by atoms with Gasteiger partial charge in [-0.2, -0.15) is 0 Å². The lowest BCUT2D eigenvalue weighted by Crippen LogP contribution is -1.85. The van der Waals surface area contributed by atoms with Crippen LogP contribution >= 0.6 is 0 Å². The number of fused-ring (bicyclic) bond motifs is 8. The summed E-state index contributed by atoms with van der Waals surface area (Å²) in [5.41, 5.74) is 3.57. The van der Waals surface area contributed by atoms with Gasteiger partial charge >= 0.3 is 0 Å². The highest BCUT2D eigenvalue weighted by molar-refractivity contribution is 6.42. The highest BCUT2D eigenvalue weighted by Crippen LogP contribution is 2.48. The molecule has 0 unspecified atom stereocenters. The molecule has 0 atom stereocenters. The van der Waals surface area contributed by atoms with Gasteiger partial charge in [0.25, 0.3) is 0 Å². The SMILES string of the molecule is c1cc2ccc3c4c(ccc(c1)c24)c1c2ccncc2n2c4cnccc4c3c12. The predicted octanol–water partition coefficient (Wildman–Crippen LogP) is 6.52. The quantitative estimate of drug-likeness (QED) is 0.285. The van der Waals surface area contributed by atoms with E-state index in [0.29, 0.717) is 0 Å². The Morgan fingerprint density at radius 2 is 1.10 bits per heavy atom. The van der Waals surface area contributed by atoms with Crippen molar-refractivity contribution in [2.45, 2.75) is 0 Å². The lowest BCUT2D eigenvalue weighted by molar-refractivity contribution is 1.27. The highest BCUT2D eigenvalue weighted by Gasteiger charge is 2.23. The molecule has 132 valence electrons. The minimum atomic E-state index is 1.14. The van der Waals surface area contributed by atoms with E-state index < -0.39 is 0 Å². The van der Waals surface area contributed by atoms with Gasteiger partial charge in [-0.25, -0.2) is 0 Å². The van der Waals surface area contributed by atoms with Gasteiger partial charge in [0.2, 0.25) is 0 Å². The Morgan fingerprint density at radius 3 is 1.69 bits per heavy atom. The van der Waals surface area contributed by atoms with E-state index in [2.05, 4.69) is 69.0 Å². The van der Waals surface area contributed by atoms with Gasteiger partial charge in [0.15, 0.2) is 0 Å². The topological polar surface area (TPSA) is 30.2 Å². The van der Waals surface area contributed by atoms with Crippen molar-refractivity contribution in [3.63, 3.8) is 0 Å². The second-order valence-electron chi connectivity index (χ2n) is 7.90. The summed E-state index contributed by atoms with van der Waals surface area (Å²) in [5, 5.41) is 13.1. The van der Waals surface area contributed by atoms with E-state index in [0.717, 1.165) is 11.0 Å². The molecular formula is C26H13N3. The first-order chi connectivity index (χ1) is 14.4. The summed E-state index contributed by atoms with van der Waals surface area (Å²) in [6.07, 6.45) is 7.76. The van der Waals surface area contributed by atoms with Gasteiger partial charge in [-0.05, 0) is 44.5 Å². The van der Waals surface area contributed by atoms with E-state index in [4.69, 9.17) is 0 Å². The summed E-state index contributed by atoms with van der Waals surface area (Å²) in [6, 6.07) is 20.0. The van der Waals surface area contributed by atoms with Gasteiger partial charge < -0.3 is 4.40 Å². The molecule has 4 aromatic heterocycles. The maximum atomic E-state index is 4.44. The molecule has 0 aliphatic heterocycles. The Bertz CT molecular complexity index is 1780. The summed E-state index contributed by atoms with van der Waals surface area (Å²) in [5.74, 6) is 0. The zero-order chi connectivity index (χ0) is 18.7. The molecule has 0 N–H and O–H groups in total. The van der Waals surface area contributed by atoms with Crippen molar-refractivity contribution in [1.82, 2.24) is 14.4 Å². The molecule has 8 aromatic rings. The Labute approximate surface area is 164 Å². The van der Waals surface area contributed by atoms with Crippen LogP contribution in [0.3, 0.4) is 0 Å². The molecule has 0 radical (unpaired) electrons.